The number of carbonyl (C=O) groups excluding carboxylic acids is 1. The Bertz CT molecular complexity index is 918. The van der Waals surface area contributed by atoms with E-state index in [9.17, 15) is 4.79 Å². The van der Waals surface area contributed by atoms with Crippen molar-refractivity contribution in [3.05, 3.63) is 82.7 Å². The second-order valence-corrected chi connectivity index (χ2v) is 6.65. The summed E-state index contributed by atoms with van der Waals surface area (Å²) >= 11 is 5.87. The second kappa shape index (κ2) is 9.14. The lowest BCUT2D eigenvalue weighted by molar-refractivity contribution is -0.116. The van der Waals surface area contributed by atoms with Crippen LogP contribution in [0.15, 0.2) is 70.8 Å². The molecule has 0 bridgehead atoms. The zero-order valence-electron chi connectivity index (χ0n) is 15.0. The molecule has 1 amide bonds. The number of hydrogen-bond acceptors (Lipinski definition) is 4. The number of halogens is 1. The van der Waals surface area contributed by atoms with Gasteiger partial charge in [0.1, 0.15) is 0 Å². The van der Waals surface area contributed by atoms with Gasteiger partial charge in [-0.15, -0.1) is 0 Å². The molecule has 0 aliphatic rings. The molecule has 6 heteroatoms. The Labute approximate surface area is 163 Å². The van der Waals surface area contributed by atoms with Gasteiger partial charge in [-0.25, -0.2) is 0 Å². The van der Waals surface area contributed by atoms with Crippen LogP contribution in [0, 0.1) is 0 Å². The van der Waals surface area contributed by atoms with E-state index in [-0.39, 0.29) is 12.5 Å². The number of amides is 1. The number of aryl methyl sites for hydroxylation is 1. The van der Waals surface area contributed by atoms with E-state index in [1.54, 1.807) is 18.2 Å². The van der Waals surface area contributed by atoms with Crippen LogP contribution in [0.2, 0.25) is 5.02 Å². The molecule has 0 saturated heterocycles. The predicted octanol–water partition coefficient (Wildman–Crippen LogP) is 4.59. The van der Waals surface area contributed by atoms with Gasteiger partial charge in [0.2, 0.25) is 17.6 Å². The molecule has 0 aliphatic carbocycles. The van der Waals surface area contributed by atoms with E-state index in [0.717, 1.165) is 24.0 Å². The standard InChI is InChI=1S/C21H20ClN3O2/c1-15(7-8-16-5-3-2-4-6-16)13-19(26)23-14-20-24-21(25-27-20)17-9-11-18(22)12-10-17/h2-6,9-13H,7-8,14H2,1H3,(H,23,26)/b15-13-. The van der Waals surface area contributed by atoms with Crippen molar-refractivity contribution in [1.82, 2.24) is 15.5 Å². The summed E-state index contributed by atoms with van der Waals surface area (Å²) in [6.45, 7) is 2.13. The fraction of sp³-hybridized carbons (Fsp3) is 0.190. The normalized spacial score (nSPS) is 11.4. The summed E-state index contributed by atoms with van der Waals surface area (Å²) in [4.78, 5) is 16.3. The zero-order chi connectivity index (χ0) is 19.1. The molecule has 138 valence electrons. The third-order valence-corrected chi connectivity index (χ3v) is 4.26. The van der Waals surface area contributed by atoms with Gasteiger partial charge in [0.05, 0.1) is 6.54 Å². The maximum absolute atomic E-state index is 12.1. The van der Waals surface area contributed by atoms with Crippen LogP contribution in [0.1, 0.15) is 24.8 Å². The maximum atomic E-state index is 12.1. The molecule has 0 unspecified atom stereocenters. The number of rotatable bonds is 7. The molecule has 0 saturated carbocycles. The quantitative estimate of drug-likeness (QED) is 0.608. The van der Waals surface area contributed by atoms with Crippen LogP contribution >= 0.6 is 11.6 Å². The average molecular weight is 382 g/mol. The summed E-state index contributed by atoms with van der Waals surface area (Å²) in [5, 5.41) is 7.33. The van der Waals surface area contributed by atoms with Crippen LogP contribution in [-0.2, 0) is 17.8 Å². The first-order chi connectivity index (χ1) is 13.1. The molecule has 3 rings (SSSR count). The first-order valence-corrected chi connectivity index (χ1v) is 9.05. The summed E-state index contributed by atoms with van der Waals surface area (Å²) in [5.74, 6) is 0.640. The SMILES string of the molecule is C/C(=C/C(=O)NCc1nc(-c2ccc(Cl)cc2)no1)CCc1ccccc1. The van der Waals surface area contributed by atoms with E-state index in [2.05, 4.69) is 27.6 Å². The molecule has 1 aromatic heterocycles. The smallest absolute Gasteiger partial charge is 0.246 e. The van der Waals surface area contributed by atoms with Gasteiger partial charge >= 0.3 is 0 Å². The largest absolute Gasteiger partial charge is 0.343 e. The Hall–Kier alpha value is -2.92. The molecule has 0 fully saturated rings. The third-order valence-electron chi connectivity index (χ3n) is 4.01. The molecule has 0 aliphatic heterocycles. The van der Waals surface area contributed by atoms with E-state index in [4.69, 9.17) is 16.1 Å². The van der Waals surface area contributed by atoms with Crippen molar-refractivity contribution in [3.8, 4) is 11.4 Å². The Kier molecular flexibility index (Phi) is 6.39. The van der Waals surface area contributed by atoms with Crippen LogP contribution in [0.3, 0.4) is 0 Å². The van der Waals surface area contributed by atoms with Crippen LogP contribution < -0.4 is 5.32 Å². The molecular formula is C21H20ClN3O2. The lowest BCUT2D eigenvalue weighted by Gasteiger charge is -2.03. The highest BCUT2D eigenvalue weighted by molar-refractivity contribution is 6.30. The van der Waals surface area contributed by atoms with Gasteiger partial charge in [-0.1, -0.05) is 52.7 Å². The Morgan fingerprint density at radius 2 is 1.89 bits per heavy atom. The van der Waals surface area contributed by atoms with Gasteiger partial charge in [0.25, 0.3) is 0 Å². The molecule has 0 radical (unpaired) electrons. The van der Waals surface area contributed by atoms with Gasteiger partial charge < -0.3 is 9.84 Å². The average Bonchev–Trinajstić information content (AvgIpc) is 3.15. The van der Waals surface area contributed by atoms with Crippen LogP contribution in [0.4, 0.5) is 0 Å². The lowest BCUT2D eigenvalue weighted by Crippen LogP contribution is -2.21. The fourth-order valence-electron chi connectivity index (χ4n) is 2.54. The van der Waals surface area contributed by atoms with E-state index < -0.39 is 0 Å². The molecular weight excluding hydrogens is 362 g/mol. The maximum Gasteiger partial charge on any atom is 0.246 e. The number of nitrogens with zero attached hydrogens (tertiary/aromatic N) is 2. The van der Waals surface area contributed by atoms with E-state index >= 15 is 0 Å². The monoisotopic (exact) mass is 381 g/mol. The van der Waals surface area contributed by atoms with Crippen molar-refractivity contribution in [1.29, 1.82) is 0 Å². The molecule has 0 atom stereocenters. The van der Waals surface area contributed by atoms with Crippen molar-refractivity contribution in [3.63, 3.8) is 0 Å². The minimum atomic E-state index is -0.174. The highest BCUT2D eigenvalue weighted by Crippen LogP contribution is 2.18. The Balaban J connectivity index is 1.49. The van der Waals surface area contributed by atoms with E-state index in [1.807, 2.05) is 37.3 Å². The molecule has 1 heterocycles. The summed E-state index contributed by atoms with van der Waals surface area (Å²) in [6, 6.07) is 17.4. The topological polar surface area (TPSA) is 68.0 Å². The zero-order valence-corrected chi connectivity index (χ0v) is 15.7. The van der Waals surface area contributed by atoms with Crippen molar-refractivity contribution >= 4 is 17.5 Å². The molecule has 27 heavy (non-hydrogen) atoms. The third kappa shape index (κ3) is 5.79. The van der Waals surface area contributed by atoms with Crippen LogP contribution in [0.5, 0.6) is 0 Å². The number of hydrogen-bond donors (Lipinski definition) is 1. The first-order valence-electron chi connectivity index (χ1n) is 8.67. The van der Waals surface area contributed by atoms with Gasteiger partial charge in [0, 0.05) is 16.7 Å². The molecule has 2 aromatic carbocycles. The Morgan fingerprint density at radius 1 is 1.15 bits per heavy atom. The summed E-state index contributed by atoms with van der Waals surface area (Å²) < 4.78 is 5.18. The second-order valence-electron chi connectivity index (χ2n) is 6.21. The molecule has 1 N–H and O–H groups in total. The first kappa shape index (κ1) is 18.9. The van der Waals surface area contributed by atoms with Gasteiger partial charge in [0.15, 0.2) is 0 Å². The summed E-state index contributed by atoms with van der Waals surface area (Å²) in [7, 11) is 0. The van der Waals surface area contributed by atoms with Crippen LogP contribution in [-0.4, -0.2) is 16.0 Å². The van der Waals surface area contributed by atoms with Gasteiger partial charge in [-0.2, -0.15) is 4.98 Å². The molecule has 3 aromatic rings. The highest BCUT2D eigenvalue weighted by atomic mass is 35.5. The summed E-state index contributed by atoms with van der Waals surface area (Å²) in [5.41, 5.74) is 3.08. The number of aromatic nitrogens is 2. The summed E-state index contributed by atoms with van der Waals surface area (Å²) in [6.07, 6.45) is 3.35. The number of carbonyl (C=O) groups is 1. The highest BCUT2D eigenvalue weighted by Gasteiger charge is 2.09. The lowest BCUT2D eigenvalue weighted by atomic mass is 10.1. The van der Waals surface area contributed by atoms with Crippen molar-refractivity contribution in [2.45, 2.75) is 26.3 Å². The van der Waals surface area contributed by atoms with E-state index in [1.165, 1.54) is 5.56 Å². The minimum absolute atomic E-state index is 0.174. The van der Waals surface area contributed by atoms with Gasteiger partial charge in [-0.05, 0) is 49.6 Å². The molecule has 0 spiro atoms. The predicted molar refractivity (Wildman–Crippen MR) is 105 cm³/mol. The van der Waals surface area contributed by atoms with Crippen LogP contribution in [0.25, 0.3) is 11.4 Å². The van der Waals surface area contributed by atoms with Crippen molar-refractivity contribution < 1.29 is 9.32 Å². The number of allylic oxidation sites excluding steroid dienone is 1. The minimum Gasteiger partial charge on any atom is -0.343 e. The van der Waals surface area contributed by atoms with Crippen molar-refractivity contribution in [2.24, 2.45) is 0 Å². The fourth-order valence-corrected chi connectivity index (χ4v) is 2.66. The van der Waals surface area contributed by atoms with Gasteiger partial charge in [-0.3, -0.25) is 4.79 Å². The Morgan fingerprint density at radius 3 is 2.63 bits per heavy atom. The van der Waals surface area contributed by atoms with Crippen molar-refractivity contribution in [2.75, 3.05) is 0 Å². The molecule has 5 nitrogen and oxygen atoms in total. The van der Waals surface area contributed by atoms with E-state index in [0.29, 0.717) is 16.7 Å². The number of nitrogens with one attached hydrogen (secondary N) is 1. The number of benzene rings is 2.